The first-order valence-corrected chi connectivity index (χ1v) is 10.8. The van der Waals surface area contributed by atoms with E-state index in [0.29, 0.717) is 42.5 Å². The molecule has 1 aliphatic heterocycles. The monoisotopic (exact) mass is 457 g/mol. The molecule has 9 nitrogen and oxygen atoms in total. The minimum absolute atomic E-state index is 0.0992. The fourth-order valence-corrected chi connectivity index (χ4v) is 3.72. The molecule has 1 saturated heterocycles. The van der Waals surface area contributed by atoms with Crippen molar-refractivity contribution in [3.05, 3.63) is 42.0 Å². The predicted molar refractivity (Wildman–Crippen MR) is 126 cm³/mol. The quantitative estimate of drug-likeness (QED) is 0.619. The van der Waals surface area contributed by atoms with Gasteiger partial charge < -0.3 is 34.1 Å². The lowest BCUT2D eigenvalue weighted by atomic mass is 10.1. The molecule has 0 aliphatic carbocycles. The molecule has 178 valence electrons. The van der Waals surface area contributed by atoms with E-state index in [2.05, 4.69) is 10.2 Å². The Morgan fingerprint density at radius 2 is 1.64 bits per heavy atom. The minimum atomic E-state index is -0.340. The van der Waals surface area contributed by atoms with Crippen LogP contribution in [0, 0.1) is 0 Å². The van der Waals surface area contributed by atoms with Crippen LogP contribution in [0.4, 0.5) is 11.4 Å². The first-order chi connectivity index (χ1) is 16.0. The highest BCUT2D eigenvalue weighted by atomic mass is 16.5. The zero-order valence-corrected chi connectivity index (χ0v) is 19.6. The van der Waals surface area contributed by atoms with Crippen LogP contribution in [0.5, 0.6) is 17.2 Å². The first kappa shape index (κ1) is 24.2. The van der Waals surface area contributed by atoms with E-state index in [9.17, 15) is 9.59 Å². The molecule has 2 amide bonds. The Kier molecular flexibility index (Phi) is 8.37. The molecule has 9 heteroatoms. The van der Waals surface area contributed by atoms with Crippen LogP contribution in [0.2, 0.25) is 0 Å². The first-order valence-electron chi connectivity index (χ1n) is 10.8. The van der Waals surface area contributed by atoms with E-state index in [0.717, 1.165) is 18.8 Å². The topological polar surface area (TPSA) is 89.6 Å². The number of hydrogen-bond acceptors (Lipinski definition) is 7. The van der Waals surface area contributed by atoms with Crippen LogP contribution in [0.25, 0.3) is 0 Å². The van der Waals surface area contributed by atoms with E-state index in [1.165, 1.54) is 26.2 Å². The molecule has 2 aromatic carbocycles. The van der Waals surface area contributed by atoms with Crippen LogP contribution in [0.1, 0.15) is 17.3 Å². The van der Waals surface area contributed by atoms with E-state index >= 15 is 0 Å². The number of likely N-dealkylation sites (N-methyl/N-ethyl adjacent to an activating group) is 1. The van der Waals surface area contributed by atoms with E-state index in [-0.39, 0.29) is 24.1 Å². The number of anilines is 2. The van der Waals surface area contributed by atoms with Gasteiger partial charge >= 0.3 is 0 Å². The van der Waals surface area contributed by atoms with Crippen molar-refractivity contribution < 1.29 is 28.5 Å². The molecular formula is C24H31N3O6. The number of carbonyl (C=O) groups is 2. The third-order valence-electron chi connectivity index (χ3n) is 5.47. The van der Waals surface area contributed by atoms with Crippen LogP contribution in [-0.2, 0) is 9.53 Å². The Labute approximate surface area is 194 Å². The number of rotatable bonds is 9. The van der Waals surface area contributed by atoms with Crippen molar-refractivity contribution in [3.8, 4) is 17.2 Å². The lowest BCUT2D eigenvalue weighted by Gasteiger charge is -2.29. The Balaban J connectivity index is 1.68. The fraction of sp³-hybridized carbons (Fsp3) is 0.417. The lowest BCUT2D eigenvalue weighted by Crippen LogP contribution is -2.38. The van der Waals surface area contributed by atoms with Crippen LogP contribution >= 0.6 is 0 Å². The summed E-state index contributed by atoms with van der Waals surface area (Å²) in [6.07, 6.45) is 0. The van der Waals surface area contributed by atoms with Crippen LogP contribution in [-0.4, -0.2) is 77.4 Å². The van der Waals surface area contributed by atoms with Gasteiger partial charge in [-0.15, -0.1) is 0 Å². The molecule has 0 unspecified atom stereocenters. The van der Waals surface area contributed by atoms with Crippen molar-refractivity contribution in [2.24, 2.45) is 0 Å². The Morgan fingerprint density at radius 1 is 0.970 bits per heavy atom. The standard InChI is InChI=1S/C24H31N3O6/c1-5-26(24(29)19-10-11-20(30-2)23(32-4)22(19)31-3)16-21(28)25-17-6-8-18(9-7-17)27-12-14-33-15-13-27/h6-11H,5,12-16H2,1-4H3,(H,25,28). The summed E-state index contributed by atoms with van der Waals surface area (Å²) in [7, 11) is 4.44. The van der Waals surface area contributed by atoms with Gasteiger partial charge in [0, 0.05) is 31.0 Å². The summed E-state index contributed by atoms with van der Waals surface area (Å²) < 4.78 is 21.4. The number of amides is 2. The average Bonchev–Trinajstić information content (AvgIpc) is 2.86. The van der Waals surface area contributed by atoms with Gasteiger partial charge in [-0.3, -0.25) is 9.59 Å². The highest BCUT2D eigenvalue weighted by molar-refractivity contribution is 6.01. The maximum Gasteiger partial charge on any atom is 0.258 e. The van der Waals surface area contributed by atoms with Gasteiger partial charge in [0.25, 0.3) is 5.91 Å². The van der Waals surface area contributed by atoms with E-state index in [4.69, 9.17) is 18.9 Å². The fourth-order valence-electron chi connectivity index (χ4n) is 3.72. The number of methoxy groups -OCH3 is 3. The Bertz CT molecular complexity index is 957. The van der Waals surface area contributed by atoms with Gasteiger partial charge in [0.2, 0.25) is 11.7 Å². The summed E-state index contributed by atoms with van der Waals surface area (Å²) in [6, 6.07) is 10.9. The van der Waals surface area contributed by atoms with E-state index < -0.39 is 0 Å². The van der Waals surface area contributed by atoms with Gasteiger partial charge in [-0.1, -0.05) is 0 Å². The second-order valence-electron chi connectivity index (χ2n) is 7.40. The summed E-state index contributed by atoms with van der Waals surface area (Å²) >= 11 is 0. The van der Waals surface area contributed by atoms with Gasteiger partial charge in [-0.05, 0) is 43.3 Å². The largest absolute Gasteiger partial charge is 0.493 e. The molecule has 1 heterocycles. The molecule has 33 heavy (non-hydrogen) atoms. The third-order valence-corrected chi connectivity index (χ3v) is 5.47. The number of hydrogen-bond donors (Lipinski definition) is 1. The molecule has 0 atom stereocenters. The van der Waals surface area contributed by atoms with Crippen molar-refractivity contribution in [1.82, 2.24) is 4.90 Å². The molecule has 0 aromatic heterocycles. The minimum Gasteiger partial charge on any atom is -0.493 e. The Morgan fingerprint density at radius 3 is 2.21 bits per heavy atom. The molecule has 0 saturated carbocycles. The molecule has 3 rings (SSSR count). The molecule has 1 N–H and O–H groups in total. The molecule has 1 fully saturated rings. The summed E-state index contributed by atoms with van der Waals surface area (Å²) in [5.41, 5.74) is 2.05. The molecule has 2 aromatic rings. The Hall–Kier alpha value is -3.46. The molecule has 0 radical (unpaired) electrons. The maximum atomic E-state index is 13.2. The van der Waals surface area contributed by atoms with Gasteiger partial charge in [-0.25, -0.2) is 0 Å². The summed E-state index contributed by atoms with van der Waals surface area (Å²) in [5, 5.41) is 2.86. The van der Waals surface area contributed by atoms with Crippen molar-refractivity contribution in [3.63, 3.8) is 0 Å². The van der Waals surface area contributed by atoms with Crippen molar-refractivity contribution in [2.45, 2.75) is 6.92 Å². The number of ether oxygens (including phenoxy) is 4. The maximum absolute atomic E-state index is 13.2. The number of nitrogens with zero attached hydrogens (tertiary/aromatic N) is 2. The molecule has 1 aliphatic rings. The SMILES string of the molecule is CCN(CC(=O)Nc1ccc(N2CCOCC2)cc1)C(=O)c1ccc(OC)c(OC)c1OC. The van der Waals surface area contributed by atoms with Crippen molar-refractivity contribution in [2.75, 3.05) is 70.9 Å². The van der Waals surface area contributed by atoms with Gasteiger partial charge in [-0.2, -0.15) is 0 Å². The van der Waals surface area contributed by atoms with E-state index in [1.807, 2.05) is 31.2 Å². The number of benzene rings is 2. The van der Waals surface area contributed by atoms with Gasteiger partial charge in [0.15, 0.2) is 11.5 Å². The van der Waals surface area contributed by atoms with Crippen LogP contribution in [0.15, 0.2) is 36.4 Å². The summed E-state index contributed by atoms with van der Waals surface area (Å²) in [5.74, 6) is 0.412. The van der Waals surface area contributed by atoms with Crippen LogP contribution < -0.4 is 24.4 Å². The molecule has 0 spiro atoms. The number of carbonyl (C=O) groups excluding carboxylic acids is 2. The summed E-state index contributed by atoms with van der Waals surface area (Å²) in [4.78, 5) is 29.5. The average molecular weight is 458 g/mol. The predicted octanol–water partition coefficient (Wildman–Crippen LogP) is 2.65. The third kappa shape index (κ3) is 5.67. The van der Waals surface area contributed by atoms with Crippen molar-refractivity contribution >= 4 is 23.2 Å². The van der Waals surface area contributed by atoms with Crippen LogP contribution in [0.3, 0.4) is 0 Å². The van der Waals surface area contributed by atoms with Gasteiger partial charge in [0.1, 0.15) is 6.54 Å². The number of nitrogens with one attached hydrogen (secondary N) is 1. The normalized spacial score (nSPS) is 13.3. The number of morpholine rings is 1. The van der Waals surface area contributed by atoms with Crippen molar-refractivity contribution in [1.29, 1.82) is 0 Å². The zero-order valence-electron chi connectivity index (χ0n) is 19.6. The highest BCUT2D eigenvalue weighted by Gasteiger charge is 2.25. The highest BCUT2D eigenvalue weighted by Crippen LogP contribution is 2.40. The zero-order chi connectivity index (χ0) is 23.8. The van der Waals surface area contributed by atoms with E-state index in [1.54, 1.807) is 12.1 Å². The lowest BCUT2D eigenvalue weighted by molar-refractivity contribution is -0.116. The summed E-state index contributed by atoms with van der Waals surface area (Å²) in [6.45, 7) is 5.18. The second kappa shape index (κ2) is 11.4. The molecular weight excluding hydrogens is 426 g/mol. The smallest absolute Gasteiger partial charge is 0.258 e. The molecule has 0 bridgehead atoms. The van der Waals surface area contributed by atoms with Gasteiger partial charge in [0.05, 0.1) is 40.1 Å². The second-order valence-corrected chi connectivity index (χ2v) is 7.40.